The number of hydrogen-bond acceptors (Lipinski definition) is 4. The Balaban J connectivity index is 2.80. The van der Waals surface area contributed by atoms with Crippen LogP contribution in [0.15, 0.2) is 18.2 Å². The fourth-order valence-corrected chi connectivity index (χ4v) is 1.35. The van der Waals surface area contributed by atoms with E-state index in [1.807, 2.05) is 0 Å². The summed E-state index contributed by atoms with van der Waals surface area (Å²) in [6, 6.07) is 5.12. The Kier molecular flexibility index (Phi) is 1.79. The molecule has 0 amide bonds. The highest BCUT2D eigenvalue weighted by atomic mass is 16.4. The number of rotatable bonds is 1. The molecule has 2 aromatic rings. The Morgan fingerprint density at radius 2 is 2.15 bits per heavy atom. The first-order chi connectivity index (χ1) is 6.20. The van der Waals surface area contributed by atoms with E-state index in [1.165, 1.54) is 4.68 Å². The molecule has 0 unspecified atom stereocenters. The van der Waals surface area contributed by atoms with Gasteiger partial charge < -0.3 is 10.0 Å². The van der Waals surface area contributed by atoms with Crippen molar-refractivity contribution in [3.8, 4) is 0 Å². The maximum absolute atomic E-state index is 9.05. The highest BCUT2D eigenvalue weighted by molar-refractivity contribution is 6.61. The molecule has 1 aromatic carbocycles. The molecule has 6 heteroatoms. The lowest BCUT2D eigenvalue weighted by Gasteiger charge is -2.01. The van der Waals surface area contributed by atoms with Gasteiger partial charge in [-0.2, -0.15) is 0 Å². The monoisotopic (exact) mass is 177 g/mol. The van der Waals surface area contributed by atoms with Gasteiger partial charge in [-0.25, -0.2) is 4.68 Å². The summed E-state index contributed by atoms with van der Waals surface area (Å²) in [6.45, 7) is 0. The molecule has 0 bridgehead atoms. The minimum absolute atomic E-state index is 0.421. The first-order valence-electron chi connectivity index (χ1n) is 3.84. The van der Waals surface area contributed by atoms with Gasteiger partial charge in [0.15, 0.2) is 0 Å². The van der Waals surface area contributed by atoms with E-state index in [1.54, 1.807) is 25.2 Å². The number of nitrogens with zero attached hydrogens (tertiary/aromatic N) is 3. The van der Waals surface area contributed by atoms with Crippen LogP contribution >= 0.6 is 0 Å². The van der Waals surface area contributed by atoms with Crippen molar-refractivity contribution in [1.82, 2.24) is 15.0 Å². The van der Waals surface area contributed by atoms with Crippen LogP contribution in [0.2, 0.25) is 0 Å². The van der Waals surface area contributed by atoms with Crippen molar-refractivity contribution < 1.29 is 10.0 Å². The van der Waals surface area contributed by atoms with Crippen molar-refractivity contribution in [2.75, 3.05) is 0 Å². The molecule has 0 saturated carbocycles. The Hall–Kier alpha value is -1.40. The quantitative estimate of drug-likeness (QED) is 0.528. The zero-order chi connectivity index (χ0) is 9.42. The normalized spacial score (nSPS) is 10.7. The molecule has 0 aliphatic rings. The minimum Gasteiger partial charge on any atom is -0.423 e. The Morgan fingerprint density at radius 3 is 2.85 bits per heavy atom. The zero-order valence-electron chi connectivity index (χ0n) is 7.05. The third-order valence-corrected chi connectivity index (χ3v) is 1.93. The molecule has 2 N–H and O–H groups in total. The predicted octanol–water partition coefficient (Wildman–Crippen LogP) is -1.35. The summed E-state index contributed by atoms with van der Waals surface area (Å²) in [5.41, 5.74) is 1.73. The topological polar surface area (TPSA) is 71.2 Å². The summed E-state index contributed by atoms with van der Waals surface area (Å²) in [4.78, 5) is 0. The third kappa shape index (κ3) is 1.20. The smallest absolute Gasteiger partial charge is 0.423 e. The van der Waals surface area contributed by atoms with E-state index in [9.17, 15) is 0 Å². The maximum Gasteiger partial charge on any atom is 0.490 e. The van der Waals surface area contributed by atoms with Gasteiger partial charge in [0, 0.05) is 12.5 Å². The summed E-state index contributed by atoms with van der Waals surface area (Å²) >= 11 is 0. The average Bonchev–Trinajstić information content (AvgIpc) is 2.48. The summed E-state index contributed by atoms with van der Waals surface area (Å²) in [5.74, 6) is 0. The second-order valence-corrected chi connectivity index (χ2v) is 2.80. The SMILES string of the molecule is Cn1nnc2cccc(B(O)O)c21. The molecule has 2 rings (SSSR count). The zero-order valence-corrected chi connectivity index (χ0v) is 7.05. The molecule has 0 aliphatic carbocycles. The van der Waals surface area contributed by atoms with Crippen molar-refractivity contribution in [1.29, 1.82) is 0 Å². The molecule has 0 spiro atoms. The van der Waals surface area contributed by atoms with Crippen molar-refractivity contribution in [3.05, 3.63) is 18.2 Å². The van der Waals surface area contributed by atoms with Crippen molar-refractivity contribution in [3.63, 3.8) is 0 Å². The van der Waals surface area contributed by atoms with Crippen LogP contribution in [-0.2, 0) is 7.05 Å². The first kappa shape index (κ1) is 8.21. The first-order valence-corrected chi connectivity index (χ1v) is 3.84. The summed E-state index contributed by atoms with van der Waals surface area (Å²) in [7, 11) is 0.224. The molecule has 0 fully saturated rings. The summed E-state index contributed by atoms with van der Waals surface area (Å²) in [5, 5.41) is 25.7. The van der Waals surface area contributed by atoms with E-state index in [0.717, 1.165) is 0 Å². The average molecular weight is 177 g/mol. The van der Waals surface area contributed by atoms with E-state index in [4.69, 9.17) is 10.0 Å². The number of aromatic nitrogens is 3. The number of fused-ring (bicyclic) bond motifs is 1. The van der Waals surface area contributed by atoms with E-state index in [-0.39, 0.29) is 0 Å². The van der Waals surface area contributed by atoms with Gasteiger partial charge in [0.1, 0.15) is 5.52 Å². The lowest BCUT2D eigenvalue weighted by molar-refractivity contribution is 0.426. The fourth-order valence-electron chi connectivity index (χ4n) is 1.35. The molecule has 1 aromatic heterocycles. The summed E-state index contributed by atoms with van der Waals surface area (Å²) < 4.78 is 1.52. The van der Waals surface area contributed by atoms with Gasteiger partial charge in [-0.15, -0.1) is 5.10 Å². The van der Waals surface area contributed by atoms with Gasteiger partial charge >= 0.3 is 7.12 Å². The van der Waals surface area contributed by atoms with Crippen LogP contribution in [-0.4, -0.2) is 32.2 Å². The molecule has 0 radical (unpaired) electrons. The van der Waals surface area contributed by atoms with E-state index in [2.05, 4.69) is 10.3 Å². The molecule has 0 aliphatic heterocycles. The van der Waals surface area contributed by atoms with Crippen LogP contribution < -0.4 is 5.46 Å². The number of aryl methyl sites for hydroxylation is 1. The highest BCUT2D eigenvalue weighted by Gasteiger charge is 2.17. The van der Waals surface area contributed by atoms with Crippen LogP contribution in [0.25, 0.3) is 11.0 Å². The summed E-state index contributed by atoms with van der Waals surface area (Å²) in [6.07, 6.45) is 0. The van der Waals surface area contributed by atoms with Gasteiger partial charge in [-0.3, -0.25) is 0 Å². The van der Waals surface area contributed by atoms with Crippen LogP contribution in [0.1, 0.15) is 0 Å². The van der Waals surface area contributed by atoms with Gasteiger partial charge in [-0.05, 0) is 6.07 Å². The highest BCUT2D eigenvalue weighted by Crippen LogP contribution is 2.06. The van der Waals surface area contributed by atoms with Crippen molar-refractivity contribution in [2.24, 2.45) is 7.05 Å². The van der Waals surface area contributed by atoms with Crippen LogP contribution in [0, 0.1) is 0 Å². The van der Waals surface area contributed by atoms with Crippen molar-refractivity contribution in [2.45, 2.75) is 0 Å². The van der Waals surface area contributed by atoms with Crippen LogP contribution in [0.5, 0.6) is 0 Å². The Morgan fingerprint density at radius 1 is 1.38 bits per heavy atom. The molecule has 13 heavy (non-hydrogen) atoms. The van der Waals surface area contributed by atoms with E-state index in [0.29, 0.717) is 16.5 Å². The molecule has 1 heterocycles. The fraction of sp³-hybridized carbons (Fsp3) is 0.143. The molecule has 66 valence electrons. The molecular formula is C7H8BN3O2. The van der Waals surface area contributed by atoms with Gasteiger partial charge in [-0.1, -0.05) is 17.3 Å². The Labute approximate surface area is 74.8 Å². The second-order valence-electron chi connectivity index (χ2n) is 2.80. The largest absolute Gasteiger partial charge is 0.490 e. The molecule has 0 saturated heterocycles. The predicted molar refractivity (Wildman–Crippen MR) is 48.3 cm³/mol. The number of para-hydroxylation sites is 1. The lowest BCUT2D eigenvalue weighted by atomic mass is 9.79. The van der Waals surface area contributed by atoms with Crippen LogP contribution in [0.4, 0.5) is 0 Å². The number of benzene rings is 1. The van der Waals surface area contributed by atoms with Gasteiger partial charge in [0.05, 0.1) is 5.52 Å². The van der Waals surface area contributed by atoms with Crippen LogP contribution in [0.3, 0.4) is 0 Å². The second kappa shape index (κ2) is 2.83. The molecule has 5 nitrogen and oxygen atoms in total. The third-order valence-electron chi connectivity index (χ3n) is 1.93. The van der Waals surface area contributed by atoms with Crippen molar-refractivity contribution >= 4 is 23.6 Å². The lowest BCUT2D eigenvalue weighted by Crippen LogP contribution is -2.31. The number of hydrogen-bond donors (Lipinski definition) is 2. The standard InChI is InChI=1S/C7H8BN3O2/c1-11-7-5(8(12)13)3-2-4-6(7)9-10-11/h2-4,12-13H,1H3. The molecular weight excluding hydrogens is 169 g/mol. The Bertz CT molecular complexity index is 440. The van der Waals surface area contributed by atoms with Gasteiger partial charge in [0.2, 0.25) is 0 Å². The minimum atomic E-state index is -1.49. The van der Waals surface area contributed by atoms with E-state index < -0.39 is 7.12 Å². The molecule has 0 atom stereocenters. The van der Waals surface area contributed by atoms with Gasteiger partial charge in [0.25, 0.3) is 0 Å². The van der Waals surface area contributed by atoms with E-state index >= 15 is 0 Å². The maximum atomic E-state index is 9.05.